The van der Waals surface area contributed by atoms with Crippen LogP contribution in [0, 0.1) is 5.82 Å². The van der Waals surface area contributed by atoms with Gasteiger partial charge >= 0.3 is 5.97 Å². The number of thiophene rings is 1. The molecule has 2 N–H and O–H groups in total. The minimum atomic E-state index is -3.93. The van der Waals surface area contributed by atoms with E-state index in [0.29, 0.717) is 0 Å². The normalized spacial score (nSPS) is 11.3. The standard InChI is InChI=1S/C11H7BrFNO4S2/c12-8-2-1-7(4-9(8)13)14-20(17,18)10-3-6(5-19-10)11(15)16/h1-5,14H,(H,15,16). The van der Waals surface area contributed by atoms with E-state index in [9.17, 15) is 17.6 Å². The number of carbonyl (C=O) groups is 1. The minimum Gasteiger partial charge on any atom is -0.478 e. The molecule has 1 heterocycles. The topological polar surface area (TPSA) is 83.5 Å². The summed E-state index contributed by atoms with van der Waals surface area (Å²) in [6, 6.07) is 4.82. The van der Waals surface area contributed by atoms with Crippen molar-refractivity contribution in [2.45, 2.75) is 4.21 Å². The molecule has 0 aliphatic rings. The van der Waals surface area contributed by atoms with Crippen LogP contribution in [0.5, 0.6) is 0 Å². The Balaban J connectivity index is 2.30. The molecule has 0 aliphatic carbocycles. The monoisotopic (exact) mass is 379 g/mol. The van der Waals surface area contributed by atoms with Gasteiger partial charge in [0.05, 0.1) is 15.7 Å². The van der Waals surface area contributed by atoms with Crippen LogP contribution in [0.3, 0.4) is 0 Å². The van der Waals surface area contributed by atoms with Crippen molar-refractivity contribution in [1.82, 2.24) is 0 Å². The highest BCUT2D eigenvalue weighted by Crippen LogP contribution is 2.25. The minimum absolute atomic E-state index is 0.0518. The fourth-order valence-corrected chi connectivity index (χ4v) is 3.78. The quantitative estimate of drug-likeness (QED) is 0.854. The summed E-state index contributed by atoms with van der Waals surface area (Å²) in [6.45, 7) is 0. The van der Waals surface area contributed by atoms with Crippen LogP contribution in [0.4, 0.5) is 10.1 Å². The van der Waals surface area contributed by atoms with Crippen molar-refractivity contribution in [3.05, 3.63) is 45.5 Å². The predicted octanol–water partition coefficient (Wildman–Crippen LogP) is 3.15. The highest BCUT2D eigenvalue weighted by molar-refractivity contribution is 9.10. The number of benzene rings is 1. The van der Waals surface area contributed by atoms with Gasteiger partial charge in [-0.2, -0.15) is 0 Å². The van der Waals surface area contributed by atoms with Gasteiger partial charge in [-0.15, -0.1) is 11.3 Å². The first-order chi connectivity index (χ1) is 9.29. The molecule has 0 saturated carbocycles. The van der Waals surface area contributed by atoms with Gasteiger partial charge in [-0.05, 0) is 40.2 Å². The molecule has 0 bridgehead atoms. The third kappa shape index (κ3) is 3.17. The van der Waals surface area contributed by atoms with Crippen LogP contribution in [-0.2, 0) is 10.0 Å². The lowest BCUT2D eigenvalue weighted by atomic mass is 10.3. The molecule has 1 aromatic heterocycles. The predicted molar refractivity (Wildman–Crippen MR) is 76.2 cm³/mol. The Morgan fingerprint density at radius 3 is 2.60 bits per heavy atom. The van der Waals surface area contributed by atoms with E-state index >= 15 is 0 Å². The van der Waals surface area contributed by atoms with Gasteiger partial charge in [0.25, 0.3) is 10.0 Å². The number of hydrogen-bond donors (Lipinski definition) is 2. The van der Waals surface area contributed by atoms with E-state index in [1.807, 2.05) is 0 Å². The van der Waals surface area contributed by atoms with E-state index < -0.39 is 21.8 Å². The summed E-state index contributed by atoms with van der Waals surface area (Å²) in [6.07, 6.45) is 0. The van der Waals surface area contributed by atoms with Gasteiger partial charge in [-0.3, -0.25) is 4.72 Å². The maximum atomic E-state index is 13.3. The lowest BCUT2D eigenvalue weighted by Crippen LogP contribution is -2.11. The SMILES string of the molecule is O=C(O)c1csc(S(=O)(=O)Nc2ccc(Br)c(F)c2)c1. The van der Waals surface area contributed by atoms with Gasteiger partial charge in [0.15, 0.2) is 0 Å². The molecule has 0 radical (unpaired) electrons. The first-order valence-corrected chi connectivity index (χ1v) is 8.25. The number of rotatable bonds is 4. The van der Waals surface area contributed by atoms with E-state index in [1.165, 1.54) is 17.5 Å². The van der Waals surface area contributed by atoms with Crippen molar-refractivity contribution >= 4 is 48.9 Å². The van der Waals surface area contributed by atoms with Crippen LogP contribution < -0.4 is 4.72 Å². The second kappa shape index (κ2) is 5.51. The largest absolute Gasteiger partial charge is 0.478 e. The van der Waals surface area contributed by atoms with Gasteiger partial charge in [0.1, 0.15) is 10.0 Å². The molecule has 5 nitrogen and oxygen atoms in total. The molecular formula is C11H7BrFNO4S2. The highest BCUT2D eigenvalue weighted by atomic mass is 79.9. The number of nitrogens with one attached hydrogen (secondary N) is 1. The van der Waals surface area contributed by atoms with Gasteiger partial charge in [0, 0.05) is 5.38 Å². The lowest BCUT2D eigenvalue weighted by molar-refractivity contribution is 0.0697. The average Bonchev–Trinajstić information content (AvgIpc) is 2.84. The van der Waals surface area contributed by atoms with Crippen molar-refractivity contribution in [2.24, 2.45) is 0 Å². The second-order valence-corrected chi connectivity index (χ2v) is 7.37. The summed E-state index contributed by atoms with van der Waals surface area (Å²) >= 11 is 3.73. The first kappa shape index (κ1) is 14.9. The summed E-state index contributed by atoms with van der Waals surface area (Å²) in [7, 11) is -3.93. The number of aromatic carboxylic acids is 1. The Labute approximate surface area is 126 Å². The van der Waals surface area contributed by atoms with Crippen LogP contribution in [0.15, 0.2) is 38.3 Å². The van der Waals surface area contributed by atoms with Crippen LogP contribution in [0.25, 0.3) is 0 Å². The molecule has 0 aliphatic heterocycles. The van der Waals surface area contributed by atoms with Crippen molar-refractivity contribution in [3.8, 4) is 0 Å². The maximum Gasteiger partial charge on any atom is 0.336 e. The molecule has 0 unspecified atom stereocenters. The molecule has 106 valence electrons. The number of carboxylic acids is 1. The van der Waals surface area contributed by atoms with Crippen molar-refractivity contribution < 1.29 is 22.7 Å². The number of carboxylic acid groups (broad SMARTS) is 1. The van der Waals surface area contributed by atoms with Crippen molar-refractivity contribution in [2.75, 3.05) is 4.72 Å². The zero-order valence-electron chi connectivity index (χ0n) is 9.63. The second-order valence-electron chi connectivity index (χ2n) is 3.69. The smallest absolute Gasteiger partial charge is 0.336 e. The van der Waals surface area contributed by atoms with E-state index in [0.717, 1.165) is 23.5 Å². The fraction of sp³-hybridized carbons (Fsp3) is 0. The molecule has 1 aromatic carbocycles. The summed E-state index contributed by atoms with van der Waals surface area (Å²) in [5, 5.41) is 9.98. The Kier molecular flexibility index (Phi) is 4.11. The van der Waals surface area contributed by atoms with Gasteiger partial charge in [-0.25, -0.2) is 17.6 Å². The molecule has 0 fully saturated rings. The lowest BCUT2D eigenvalue weighted by Gasteiger charge is -2.06. The molecule has 0 spiro atoms. The zero-order valence-corrected chi connectivity index (χ0v) is 12.9. The molecule has 20 heavy (non-hydrogen) atoms. The maximum absolute atomic E-state index is 13.3. The van der Waals surface area contributed by atoms with E-state index in [2.05, 4.69) is 20.7 Å². The van der Waals surface area contributed by atoms with Crippen LogP contribution in [0.2, 0.25) is 0 Å². The van der Waals surface area contributed by atoms with Gasteiger partial charge in [0.2, 0.25) is 0 Å². The van der Waals surface area contributed by atoms with Crippen molar-refractivity contribution in [3.63, 3.8) is 0 Å². The number of sulfonamides is 1. The van der Waals surface area contributed by atoms with E-state index in [1.54, 1.807) is 0 Å². The summed E-state index contributed by atoms with van der Waals surface area (Å²) < 4.78 is 39.6. The molecule has 0 amide bonds. The Morgan fingerprint density at radius 1 is 1.35 bits per heavy atom. The fourth-order valence-electron chi connectivity index (χ4n) is 1.33. The third-order valence-corrected chi connectivity index (χ3v) is 5.72. The van der Waals surface area contributed by atoms with Crippen LogP contribution >= 0.6 is 27.3 Å². The van der Waals surface area contributed by atoms with Crippen molar-refractivity contribution in [1.29, 1.82) is 0 Å². The molecule has 9 heteroatoms. The molecule has 2 rings (SSSR count). The Hall–Kier alpha value is -1.45. The van der Waals surface area contributed by atoms with Gasteiger partial charge in [-0.1, -0.05) is 0 Å². The first-order valence-electron chi connectivity index (χ1n) is 5.09. The highest BCUT2D eigenvalue weighted by Gasteiger charge is 2.19. The Bertz CT molecular complexity index is 772. The average molecular weight is 380 g/mol. The van der Waals surface area contributed by atoms with Gasteiger partial charge < -0.3 is 5.11 Å². The molecule has 2 aromatic rings. The number of hydrogen-bond acceptors (Lipinski definition) is 4. The summed E-state index contributed by atoms with van der Waals surface area (Å²) in [4.78, 5) is 10.7. The third-order valence-electron chi connectivity index (χ3n) is 2.26. The summed E-state index contributed by atoms with van der Waals surface area (Å²) in [5.41, 5.74) is -0.0617. The molecule has 0 saturated heterocycles. The number of halogens is 2. The zero-order chi connectivity index (χ0) is 14.9. The van der Waals surface area contributed by atoms with Crippen LogP contribution in [-0.4, -0.2) is 19.5 Å². The van der Waals surface area contributed by atoms with E-state index in [4.69, 9.17) is 5.11 Å². The molecule has 0 atom stereocenters. The number of anilines is 1. The summed E-state index contributed by atoms with van der Waals surface area (Å²) in [5.74, 6) is -1.82. The van der Waals surface area contributed by atoms with Crippen LogP contribution in [0.1, 0.15) is 10.4 Å². The van der Waals surface area contributed by atoms with E-state index in [-0.39, 0.29) is 19.9 Å². The Morgan fingerprint density at radius 2 is 2.05 bits per heavy atom. The molecular weight excluding hydrogens is 373 g/mol.